The molecule has 2 fully saturated rings. The lowest BCUT2D eigenvalue weighted by molar-refractivity contribution is -0.137. The molecular weight excluding hydrogens is 404 g/mol. The number of rotatable bonds is 4. The van der Waals surface area contributed by atoms with E-state index in [9.17, 15) is 23.1 Å². The van der Waals surface area contributed by atoms with Gasteiger partial charge in [-0.1, -0.05) is 42.5 Å². The Bertz CT molecular complexity index is 1030. The number of likely N-dealkylation sites (tertiary alicyclic amines) is 1. The van der Waals surface area contributed by atoms with E-state index in [2.05, 4.69) is 0 Å². The molecule has 0 radical (unpaired) electrons. The first-order chi connectivity index (χ1) is 14.4. The predicted octanol–water partition coefficient (Wildman–Crippen LogP) is 1.67. The molecule has 1 unspecified atom stereocenters. The standard InChI is InChI=1S/C22H24N2O5S/c25-18-10-12-23(13-11-18)22(27)21-14-19(26)15-24(21)30(28,29)20-8-6-17(7-9-20)16-4-2-1-3-5-16/h1-9,18,21,25H,10-15H2. The van der Waals surface area contributed by atoms with Crippen molar-refractivity contribution in [1.29, 1.82) is 0 Å². The quantitative estimate of drug-likeness (QED) is 0.799. The van der Waals surface area contributed by atoms with Crippen molar-refractivity contribution in [2.45, 2.75) is 36.3 Å². The zero-order valence-corrected chi connectivity index (χ0v) is 17.3. The lowest BCUT2D eigenvalue weighted by Crippen LogP contribution is -2.50. The largest absolute Gasteiger partial charge is 0.393 e. The second-order valence-corrected chi connectivity index (χ2v) is 9.65. The van der Waals surface area contributed by atoms with Crippen molar-refractivity contribution in [3.63, 3.8) is 0 Å². The molecule has 8 heteroatoms. The van der Waals surface area contributed by atoms with Gasteiger partial charge in [-0.3, -0.25) is 9.59 Å². The third-order valence-electron chi connectivity index (χ3n) is 5.73. The smallest absolute Gasteiger partial charge is 0.244 e. The molecule has 0 aromatic heterocycles. The van der Waals surface area contributed by atoms with Gasteiger partial charge in [0.1, 0.15) is 11.8 Å². The van der Waals surface area contributed by atoms with Gasteiger partial charge in [0.05, 0.1) is 17.5 Å². The number of Topliss-reactive ketones (excluding diaryl/α,β-unsaturated/α-hetero) is 1. The van der Waals surface area contributed by atoms with Crippen molar-refractivity contribution >= 4 is 21.7 Å². The number of hydrogen-bond acceptors (Lipinski definition) is 5. The molecule has 7 nitrogen and oxygen atoms in total. The van der Waals surface area contributed by atoms with E-state index in [-0.39, 0.29) is 29.6 Å². The fourth-order valence-electron chi connectivity index (χ4n) is 4.01. The molecule has 1 N–H and O–H groups in total. The number of benzene rings is 2. The van der Waals surface area contributed by atoms with Gasteiger partial charge in [-0.25, -0.2) is 8.42 Å². The van der Waals surface area contributed by atoms with Crippen LogP contribution in [0.25, 0.3) is 11.1 Å². The number of carbonyl (C=O) groups is 2. The summed E-state index contributed by atoms with van der Waals surface area (Å²) in [5.41, 5.74) is 1.85. The Balaban J connectivity index is 1.57. The highest BCUT2D eigenvalue weighted by atomic mass is 32.2. The Morgan fingerprint density at radius 2 is 1.53 bits per heavy atom. The summed E-state index contributed by atoms with van der Waals surface area (Å²) in [7, 11) is -4.00. The SMILES string of the molecule is O=C1CC(C(=O)N2CCC(O)CC2)N(S(=O)(=O)c2ccc(-c3ccccc3)cc2)C1. The number of ketones is 1. The van der Waals surface area contributed by atoms with Crippen molar-refractivity contribution in [2.75, 3.05) is 19.6 Å². The summed E-state index contributed by atoms with van der Waals surface area (Å²) in [4.78, 5) is 26.7. The van der Waals surface area contributed by atoms with E-state index in [0.717, 1.165) is 15.4 Å². The Morgan fingerprint density at radius 3 is 2.17 bits per heavy atom. The van der Waals surface area contributed by atoms with Crippen LogP contribution in [-0.2, 0) is 19.6 Å². The average Bonchev–Trinajstić information content (AvgIpc) is 3.17. The van der Waals surface area contributed by atoms with Gasteiger partial charge in [0.15, 0.2) is 0 Å². The van der Waals surface area contributed by atoms with Crippen LogP contribution in [0.2, 0.25) is 0 Å². The van der Waals surface area contributed by atoms with Crippen molar-refractivity contribution < 1.29 is 23.1 Å². The highest BCUT2D eigenvalue weighted by molar-refractivity contribution is 7.89. The molecule has 0 saturated carbocycles. The maximum atomic E-state index is 13.2. The number of aliphatic hydroxyl groups is 1. The van der Waals surface area contributed by atoms with E-state index < -0.39 is 22.2 Å². The van der Waals surface area contributed by atoms with Gasteiger partial charge < -0.3 is 10.0 Å². The first kappa shape index (κ1) is 20.7. The molecular formula is C22H24N2O5S. The maximum absolute atomic E-state index is 13.2. The van der Waals surface area contributed by atoms with E-state index in [4.69, 9.17) is 0 Å². The normalized spacial score (nSPS) is 21.2. The zero-order valence-electron chi connectivity index (χ0n) is 16.5. The van der Waals surface area contributed by atoms with Crippen LogP contribution >= 0.6 is 0 Å². The minimum Gasteiger partial charge on any atom is -0.393 e. The van der Waals surface area contributed by atoms with Gasteiger partial charge in [-0.05, 0) is 36.1 Å². The van der Waals surface area contributed by atoms with Crippen LogP contribution in [-0.4, -0.2) is 66.2 Å². The highest BCUT2D eigenvalue weighted by Crippen LogP contribution is 2.28. The molecule has 2 aliphatic heterocycles. The topological polar surface area (TPSA) is 95.0 Å². The molecule has 30 heavy (non-hydrogen) atoms. The minimum atomic E-state index is -4.00. The van der Waals surface area contributed by atoms with Crippen molar-refractivity contribution in [3.8, 4) is 11.1 Å². The van der Waals surface area contributed by atoms with E-state index in [1.807, 2.05) is 30.3 Å². The van der Waals surface area contributed by atoms with Crippen LogP contribution in [0.15, 0.2) is 59.5 Å². The Morgan fingerprint density at radius 1 is 0.933 bits per heavy atom. The monoisotopic (exact) mass is 428 g/mol. The van der Waals surface area contributed by atoms with Crippen LogP contribution in [0.4, 0.5) is 0 Å². The molecule has 2 saturated heterocycles. The number of aliphatic hydroxyl groups excluding tert-OH is 1. The lowest BCUT2D eigenvalue weighted by Gasteiger charge is -2.33. The summed E-state index contributed by atoms with van der Waals surface area (Å²) in [6.07, 6.45) is 0.363. The van der Waals surface area contributed by atoms with Gasteiger partial charge >= 0.3 is 0 Å². The van der Waals surface area contributed by atoms with Crippen molar-refractivity contribution in [2.24, 2.45) is 0 Å². The summed E-state index contributed by atoms with van der Waals surface area (Å²) in [6, 6.07) is 15.1. The third kappa shape index (κ3) is 4.03. The Kier molecular flexibility index (Phi) is 5.73. The molecule has 2 aliphatic rings. The fourth-order valence-corrected chi connectivity index (χ4v) is 5.58. The van der Waals surface area contributed by atoms with E-state index in [0.29, 0.717) is 25.9 Å². The molecule has 4 rings (SSSR count). The molecule has 0 bridgehead atoms. The van der Waals surface area contributed by atoms with Crippen molar-refractivity contribution in [3.05, 3.63) is 54.6 Å². The van der Waals surface area contributed by atoms with Crippen LogP contribution in [0, 0.1) is 0 Å². The molecule has 0 aliphatic carbocycles. The number of piperidine rings is 1. The van der Waals surface area contributed by atoms with Gasteiger partial charge in [0.25, 0.3) is 0 Å². The molecule has 1 amide bonds. The van der Waals surface area contributed by atoms with Crippen LogP contribution in [0.3, 0.4) is 0 Å². The minimum absolute atomic E-state index is 0.0590. The van der Waals surface area contributed by atoms with E-state index in [1.165, 1.54) is 12.1 Å². The average molecular weight is 429 g/mol. The summed E-state index contributed by atoms with van der Waals surface area (Å²) in [5.74, 6) is -0.632. The molecule has 2 aromatic rings. The first-order valence-electron chi connectivity index (χ1n) is 10.0. The molecule has 2 heterocycles. The summed E-state index contributed by atoms with van der Waals surface area (Å²) in [6.45, 7) is 0.435. The number of hydrogen-bond donors (Lipinski definition) is 1. The first-order valence-corrected chi connectivity index (χ1v) is 11.5. The van der Waals surface area contributed by atoms with Crippen LogP contribution < -0.4 is 0 Å². The van der Waals surface area contributed by atoms with Gasteiger partial charge in [0, 0.05) is 19.5 Å². The Labute approximate surface area is 176 Å². The number of carbonyl (C=O) groups excluding carboxylic acids is 2. The van der Waals surface area contributed by atoms with Gasteiger partial charge in [-0.15, -0.1) is 0 Å². The van der Waals surface area contributed by atoms with Crippen LogP contribution in [0.1, 0.15) is 19.3 Å². The second-order valence-electron chi connectivity index (χ2n) is 7.76. The highest BCUT2D eigenvalue weighted by Gasteiger charge is 2.45. The molecule has 1 atom stereocenters. The van der Waals surface area contributed by atoms with Crippen LogP contribution in [0.5, 0.6) is 0 Å². The third-order valence-corrected chi connectivity index (χ3v) is 7.60. The lowest BCUT2D eigenvalue weighted by atomic mass is 10.1. The van der Waals surface area contributed by atoms with E-state index in [1.54, 1.807) is 17.0 Å². The Hall–Kier alpha value is -2.55. The summed E-state index contributed by atoms with van der Waals surface area (Å²) < 4.78 is 27.5. The van der Waals surface area contributed by atoms with Gasteiger partial charge in [-0.2, -0.15) is 4.31 Å². The fraction of sp³-hybridized carbons (Fsp3) is 0.364. The molecule has 0 spiro atoms. The van der Waals surface area contributed by atoms with Gasteiger partial charge in [0.2, 0.25) is 15.9 Å². The summed E-state index contributed by atoms with van der Waals surface area (Å²) in [5, 5.41) is 9.65. The predicted molar refractivity (Wildman–Crippen MR) is 111 cm³/mol. The maximum Gasteiger partial charge on any atom is 0.244 e. The number of amides is 1. The number of nitrogens with zero attached hydrogens (tertiary/aromatic N) is 2. The summed E-state index contributed by atoms with van der Waals surface area (Å²) >= 11 is 0. The molecule has 2 aromatic carbocycles. The van der Waals surface area contributed by atoms with Crippen molar-refractivity contribution in [1.82, 2.24) is 9.21 Å². The zero-order chi connectivity index (χ0) is 21.3. The second kappa shape index (κ2) is 8.29. The number of sulfonamides is 1. The molecule has 158 valence electrons. The van der Waals surface area contributed by atoms with E-state index >= 15 is 0 Å².